The lowest BCUT2D eigenvalue weighted by Gasteiger charge is -2.21. The van der Waals surface area contributed by atoms with Crippen LogP contribution < -0.4 is 9.62 Å². The Morgan fingerprint density at radius 3 is 2.56 bits per heavy atom. The molecule has 1 N–H and O–H groups in total. The van der Waals surface area contributed by atoms with Gasteiger partial charge < -0.3 is 14.3 Å². The predicted octanol–water partition coefficient (Wildman–Crippen LogP) is 6.50. The molecule has 1 aliphatic heterocycles. The van der Waals surface area contributed by atoms with E-state index in [2.05, 4.69) is 11.4 Å². The van der Waals surface area contributed by atoms with E-state index >= 15 is 0 Å². The Kier molecular flexibility index (Phi) is 7.23. The molecule has 3 aromatic carbocycles. The first-order chi connectivity index (χ1) is 20.6. The standard InChI is InChI=1S/C33H29FN4O4S/c1-35-33(39)31-26-18-25(22-9-8-10-23(17-22)27-20-38-16-7-5-4-6-11-30(38)36-27)28(37(2)43(3,40)41)19-29(26)42-32(31)21-12-14-24(34)15-13-21/h4-5,7-10,12-20H,6,11H2,1-3H3,(H,35,39). The largest absolute Gasteiger partial charge is 0.455 e. The van der Waals surface area contributed by atoms with Crippen LogP contribution in [0.15, 0.2) is 89.5 Å². The van der Waals surface area contributed by atoms with Crippen molar-refractivity contribution >= 4 is 38.8 Å². The summed E-state index contributed by atoms with van der Waals surface area (Å²) in [6.07, 6.45) is 12.9. The first kappa shape index (κ1) is 28.2. The third kappa shape index (κ3) is 5.37. The van der Waals surface area contributed by atoms with E-state index in [1.807, 2.05) is 53.4 Å². The van der Waals surface area contributed by atoms with Gasteiger partial charge in [0.05, 0.1) is 23.2 Å². The molecule has 0 radical (unpaired) electrons. The number of nitrogens with zero attached hydrogens (tertiary/aromatic N) is 3. The Hall–Kier alpha value is -4.96. The summed E-state index contributed by atoms with van der Waals surface area (Å²) in [6, 6.07) is 16.7. The van der Waals surface area contributed by atoms with Gasteiger partial charge in [-0.1, -0.05) is 30.4 Å². The number of aromatic nitrogens is 2. The number of imidazole rings is 1. The van der Waals surface area contributed by atoms with Crippen LogP contribution in [0, 0.1) is 5.82 Å². The zero-order valence-corrected chi connectivity index (χ0v) is 24.7. The molecule has 1 aliphatic rings. The molecule has 10 heteroatoms. The van der Waals surface area contributed by atoms with Crippen molar-refractivity contribution in [2.45, 2.75) is 12.8 Å². The van der Waals surface area contributed by atoms with Crippen LogP contribution in [0.25, 0.3) is 50.9 Å². The molecule has 218 valence electrons. The maximum atomic E-state index is 13.7. The molecule has 0 fully saturated rings. The van der Waals surface area contributed by atoms with Gasteiger partial charge in [0.25, 0.3) is 5.91 Å². The van der Waals surface area contributed by atoms with Gasteiger partial charge in [0, 0.05) is 61.1 Å². The minimum absolute atomic E-state index is 0.256. The highest BCUT2D eigenvalue weighted by atomic mass is 32.2. The van der Waals surface area contributed by atoms with Crippen LogP contribution in [0.3, 0.4) is 0 Å². The number of nitrogens with one attached hydrogen (secondary N) is 1. The van der Waals surface area contributed by atoms with Crippen molar-refractivity contribution in [2.75, 3.05) is 24.7 Å². The van der Waals surface area contributed by atoms with Crippen molar-refractivity contribution < 1.29 is 22.0 Å². The number of sulfonamides is 1. The Morgan fingerprint density at radius 1 is 1.05 bits per heavy atom. The fraction of sp³-hybridized carbons (Fsp3) is 0.152. The van der Waals surface area contributed by atoms with Gasteiger partial charge in [-0.05, 0) is 54.5 Å². The summed E-state index contributed by atoms with van der Waals surface area (Å²) in [7, 11) is -0.671. The molecule has 2 aromatic heterocycles. The number of furan rings is 1. The summed E-state index contributed by atoms with van der Waals surface area (Å²) in [5.41, 5.74) is 4.43. The van der Waals surface area contributed by atoms with E-state index in [-0.39, 0.29) is 17.2 Å². The summed E-state index contributed by atoms with van der Waals surface area (Å²) < 4.78 is 48.6. The Bertz CT molecular complexity index is 2040. The van der Waals surface area contributed by atoms with Crippen molar-refractivity contribution in [3.63, 3.8) is 0 Å². The van der Waals surface area contributed by atoms with Crippen LogP contribution in [0.4, 0.5) is 10.1 Å². The molecular formula is C33H29FN4O4S. The maximum Gasteiger partial charge on any atom is 0.255 e. The molecule has 43 heavy (non-hydrogen) atoms. The number of halogens is 1. The third-order valence-electron chi connectivity index (χ3n) is 7.51. The number of benzene rings is 3. The maximum absolute atomic E-state index is 13.7. The molecule has 6 rings (SSSR count). The third-order valence-corrected chi connectivity index (χ3v) is 8.70. The number of carbonyl (C=O) groups is 1. The average Bonchev–Trinajstić information content (AvgIpc) is 3.56. The second kappa shape index (κ2) is 11.0. The fourth-order valence-corrected chi connectivity index (χ4v) is 5.73. The number of allylic oxidation sites excluding steroid dienone is 3. The molecule has 0 spiro atoms. The highest BCUT2D eigenvalue weighted by Gasteiger charge is 2.26. The number of hydrogen-bond donors (Lipinski definition) is 1. The van der Waals surface area contributed by atoms with Crippen LogP contribution in [0.1, 0.15) is 22.6 Å². The molecule has 0 saturated heterocycles. The highest BCUT2D eigenvalue weighted by molar-refractivity contribution is 7.92. The van der Waals surface area contributed by atoms with E-state index in [0.717, 1.165) is 41.7 Å². The van der Waals surface area contributed by atoms with Crippen molar-refractivity contribution in [1.29, 1.82) is 0 Å². The van der Waals surface area contributed by atoms with Crippen LogP contribution in [0.5, 0.6) is 0 Å². The first-order valence-electron chi connectivity index (χ1n) is 13.7. The summed E-state index contributed by atoms with van der Waals surface area (Å²) in [5.74, 6) is 0.394. The predicted molar refractivity (Wildman–Crippen MR) is 168 cm³/mol. The fourth-order valence-electron chi connectivity index (χ4n) is 5.22. The van der Waals surface area contributed by atoms with Gasteiger partial charge in [0.1, 0.15) is 23.0 Å². The second-order valence-electron chi connectivity index (χ2n) is 10.3. The molecule has 5 aromatic rings. The van der Waals surface area contributed by atoms with Crippen LogP contribution >= 0.6 is 0 Å². The summed E-state index contributed by atoms with van der Waals surface area (Å²) in [5, 5.41) is 3.16. The van der Waals surface area contributed by atoms with Gasteiger partial charge in [-0.2, -0.15) is 0 Å². The quantitative estimate of drug-likeness (QED) is 0.241. The number of amides is 1. The first-order valence-corrected chi connectivity index (χ1v) is 15.5. The van der Waals surface area contributed by atoms with E-state index in [9.17, 15) is 17.6 Å². The molecule has 0 unspecified atom stereocenters. The number of rotatable bonds is 6. The van der Waals surface area contributed by atoms with Crippen molar-refractivity contribution in [1.82, 2.24) is 14.9 Å². The smallest absolute Gasteiger partial charge is 0.255 e. The van der Waals surface area contributed by atoms with Gasteiger partial charge in [0.15, 0.2) is 0 Å². The lowest BCUT2D eigenvalue weighted by Crippen LogP contribution is -2.25. The van der Waals surface area contributed by atoms with Crippen LogP contribution in [-0.2, 0) is 16.4 Å². The SMILES string of the molecule is CNC(=O)c1c(-c2ccc(F)cc2)oc2cc(N(C)S(C)(=O)=O)c(-c3cccc(-c4cn5c(n4)CCC=CC=C5)c3)cc12. The van der Waals surface area contributed by atoms with Crippen molar-refractivity contribution in [2.24, 2.45) is 0 Å². The Morgan fingerprint density at radius 2 is 1.81 bits per heavy atom. The molecule has 0 saturated carbocycles. The summed E-state index contributed by atoms with van der Waals surface area (Å²) in [4.78, 5) is 18.1. The van der Waals surface area contributed by atoms with Gasteiger partial charge >= 0.3 is 0 Å². The van der Waals surface area contributed by atoms with Crippen LogP contribution in [-0.4, -0.2) is 44.2 Å². The number of carbonyl (C=O) groups excluding carboxylic acids is 1. The number of anilines is 1. The molecule has 8 nitrogen and oxygen atoms in total. The van der Waals surface area contributed by atoms with Gasteiger partial charge in [-0.25, -0.2) is 17.8 Å². The van der Waals surface area contributed by atoms with E-state index in [1.165, 1.54) is 42.7 Å². The van der Waals surface area contributed by atoms with Crippen LogP contribution in [0.2, 0.25) is 0 Å². The van der Waals surface area contributed by atoms with Crippen molar-refractivity contribution in [3.8, 4) is 33.7 Å². The monoisotopic (exact) mass is 596 g/mol. The van der Waals surface area contributed by atoms with Crippen molar-refractivity contribution in [3.05, 3.63) is 102 Å². The molecule has 0 atom stereocenters. The normalized spacial score (nSPS) is 13.0. The van der Waals surface area contributed by atoms with Gasteiger partial charge in [-0.3, -0.25) is 9.10 Å². The topological polar surface area (TPSA) is 97.4 Å². The molecule has 3 heterocycles. The Labute approximate surface area is 248 Å². The number of hydrogen-bond acceptors (Lipinski definition) is 5. The zero-order valence-electron chi connectivity index (χ0n) is 23.8. The zero-order chi connectivity index (χ0) is 30.3. The van der Waals surface area contributed by atoms with E-state index in [0.29, 0.717) is 27.8 Å². The van der Waals surface area contributed by atoms with E-state index in [1.54, 1.807) is 12.1 Å². The van der Waals surface area contributed by atoms with Gasteiger partial charge in [-0.15, -0.1) is 0 Å². The molecule has 0 bridgehead atoms. The minimum atomic E-state index is -3.67. The molecule has 0 aliphatic carbocycles. The summed E-state index contributed by atoms with van der Waals surface area (Å²) >= 11 is 0. The number of aryl methyl sites for hydroxylation is 1. The molecular weight excluding hydrogens is 567 g/mol. The highest BCUT2D eigenvalue weighted by Crippen LogP contribution is 2.42. The summed E-state index contributed by atoms with van der Waals surface area (Å²) in [6.45, 7) is 0. The lowest BCUT2D eigenvalue weighted by molar-refractivity contribution is 0.0964. The van der Waals surface area contributed by atoms with E-state index in [4.69, 9.17) is 9.40 Å². The Balaban J connectivity index is 1.56. The minimum Gasteiger partial charge on any atom is -0.455 e. The van der Waals surface area contributed by atoms with E-state index < -0.39 is 15.8 Å². The number of fused-ring (bicyclic) bond motifs is 2. The molecule has 1 amide bonds. The average molecular weight is 597 g/mol. The lowest BCUT2D eigenvalue weighted by atomic mass is 9.97. The van der Waals surface area contributed by atoms with Gasteiger partial charge in [0.2, 0.25) is 10.0 Å². The second-order valence-corrected chi connectivity index (χ2v) is 12.3.